The van der Waals surface area contributed by atoms with Crippen LogP contribution < -0.4 is 5.32 Å². The smallest absolute Gasteiger partial charge is 0.124 e. The number of nitrogens with zero attached hydrogens (tertiary/aromatic N) is 1. The van der Waals surface area contributed by atoms with Gasteiger partial charge in [-0.05, 0) is 34.7 Å². The number of methoxy groups -OCH3 is 1. The van der Waals surface area contributed by atoms with Gasteiger partial charge in [0.05, 0.1) is 5.69 Å². The third kappa shape index (κ3) is 2.63. The van der Waals surface area contributed by atoms with E-state index in [-0.39, 0.29) is 0 Å². The maximum Gasteiger partial charge on any atom is 0.124 e. The van der Waals surface area contributed by atoms with Crippen LogP contribution in [0.2, 0.25) is 0 Å². The predicted molar refractivity (Wildman–Crippen MR) is 52.5 cm³/mol. The monoisotopic (exact) mass is 264 g/mol. The zero-order chi connectivity index (χ0) is 8.10. The molecule has 0 spiro atoms. The molecule has 0 aromatic carbocycles. The summed E-state index contributed by atoms with van der Waals surface area (Å²) in [6.45, 7) is 0.516. The largest absolute Gasteiger partial charge is 0.365 e. The SMILES string of the molecule is COCNc1cccnc1I. The molecule has 1 N–H and O–H groups in total. The van der Waals surface area contributed by atoms with Crippen LogP contribution in [0.3, 0.4) is 0 Å². The van der Waals surface area contributed by atoms with Gasteiger partial charge in [0, 0.05) is 13.3 Å². The molecule has 0 amide bonds. The first kappa shape index (κ1) is 8.73. The summed E-state index contributed by atoms with van der Waals surface area (Å²) >= 11 is 2.17. The highest BCUT2D eigenvalue weighted by Crippen LogP contribution is 2.13. The summed E-state index contributed by atoms with van der Waals surface area (Å²) in [5.41, 5.74) is 1.01. The Kier molecular flexibility index (Phi) is 3.58. The Labute approximate surface area is 79.3 Å². The number of anilines is 1. The Morgan fingerprint density at radius 2 is 2.55 bits per heavy atom. The molecule has 3 nitrogen and oxygen atoms in total. The molecule has 0 fully saturated rings. The van der Waals surface area contributed by atoms with E-state index in [0.717, 1.165) is 9.39 Å². The van der Waals surface area contributed by atoms with Crippen molar-refractivity contribution in [2.24, 2.45) is 0 Å². The van der Waals surface area contributed by atoms with E-state index in [1.54, 1.807) is 13.3 Å². The van der Waals surface area contributed by atoms with Crippen molar-refractivity contribution in [2.45, 2.75) is 0 Å². The second kappa shape index (κ2) is 4.50. The van der Waals surface area contributed by atoms with Gasteiger partial charge >= 0.3 is 0 Å². The Hall–Kier alpha value is -0.360. The summed E-state index contributed by atoms with van der Waals surface area (Å²) in [5, 5.41) is 3.07. The van der Waals surface area contributed by atoms with Gasteiger partial charge in [0.1, 0.15) is 10.4 Å². The van der Waals surface area contributed by atoms with Crippen LogP contribution in [0.4, 0.5) is 5.69 Å². The third-order valence-corrected chi connectivity index (χ3v) is 2.03. The summed E-state index contributed by atoms with van der Waals surface area (Å²) in [6.07, 6.45) is 1.76. The standard InChI is InChI=1S/C7H9IN2O/c1-11-5-10-6-3-2-4-9-7(6)8/h2-4,10H,5H2,1H3. The van der Waals surface area contributed by atoms with Crippen LogP contribution in [0.25, 0.3) is 0 Å². The van der Waals surface area contributed by atoms with Crippen molar-refractivity contribution in [2.75, 3.05) is 19.2 Å². The summed E-state index contributed by atoms with van der Waals surface area (Å²) in [5.74, 6) is 0. The van der Waals surface area contributed by atoms with E-state index < -0.39 is 0 Å². The molecule has 0 saturated heterocycles. The molecule has 1 rings (SSSR count). The molecular weight excluding hydrogens is 255 g/mol. The molecular formula is C7H9IN2O. The Bertz CT molecular complexity index is 229. The lowest BCUT2D eigenvalue weighted by Crippen LogP contribution is -2.04. The summed E-state index contributed by atoms with van der Waals surface area (Å²) in [4.78, 5) is 4.10. The zero-order valence-corrected chi connectivity index (χ0v) is 8.33. The van der Waals surface area contributed by atoms with Crippen LogP contribution in [-0.2, 0) is 4.74 Å². The second-order valence-corrected chi connectivity index (χ2v) is 2.97. The average molecular weight is 264 g/mol. The third-order valence-electron chi connectivity index (χ3n) is 1.17. The number of halogens is 1. The molecule has 0 atom stereocenters. The van der Waals surface area contributed by atoms with Crippen molar-refractivity contribution in [3.63, 3.8) is 0 Å². The van der Waals surface area contributed by atoms with Crippen LogP contribution in [-0.4, -0.2) is 18.8 Å². The molecule has 0 radical (unpaired) electrons. The average Bonchev–Trinajstić information content (AvgIpc) is 2.03. The van der Waals surface area contributed by atoms with Crippen LogP contribution in [0.1, 0.15) is 0 Å². The fourth-order valence-corrected chi connectivity index (χ4v) is 1.20. The Balaban J connectivity index is 2.62. The maximum atomic E-state index is 4.86. The lowest BCUT2D eigenvalue weighted by molar-refractivity contribution is 0.221. The number of hydrogen-bond donors (Lipinski definition) is 1. The van der Waals surface area contributed by atoms with E-state index in [1.807, 2.05) is 12.1 Å². The van der Waals surface area contributed by atoms with Crippen molar-refractivity contribution >= 4 is 28.3 Å². The van der Waals surface area contributed by atoms with E-state index in [2.05, 4.69) is 32.9 Å². The molecule has 0 saturated carbocycles. The summed E-state index contributed by atoms with van der Waals surface area (Å²) < 4.78 is 5.82. The van der Waals surface area contributed by atoms with E-state index in [1.165, 1.54) is 0 Å². The number of rotatable bonds is 3. The van der Waals surface area contributed by atoms with Crippen LogP contribution in [0.5, 0.6) is 0 Å². The molecule has 0 aliphatic heterocycles. The van der Waals surface area contributed by atoms with Gasteiger partial charge in [0.15, 0.2) is 0 Å². The van der Waals surface area contributed by atoms with Crippen molar-refractivity contribution in [3.8, 4) is 0 Å². The van der Waals surface area contributed by atoms with E-state index in [4.69, 9.17) is 4.74 Å². The van der Waals surface area contributed by atoms with Crippen LogP contribution >= 0.6 is 22.6 Å². The highest BCUT2D eigenvalue weighted by Gasteiger charge is 1.95. The molecule has 0 aliphatic rings. The van der Waals surface area contributed by atoms with E-state index >= 15 is 0 Å². The topological polar surface area (TPSA) is 34.1 Å². The quantitative estimate of drug-likeness (QED) is 0.512. The van der Waals surface area contributed by atoms with Crippen molar-refractivity contribution in [1.29, 1.82) is 0 Å². The van der Waals surface area contributed by atoms with Gasteiger partial charge in [0.25, 0.3) is 0 Å². The van der Waals surface area contributed by atoms with Gasteiger partial charge in [-0.3, -0.25) is 0 Å². The van der Waals surface area contributed by atoms with Gasteiger partial charge in [-0.15, -0.1) is 0 Å². The van der Waals surface area contributed by atoms with Gasteiger partial charge < -0.3 is 10.1 Å². The number of aromatic nitrogens is 1. The Morgan fingerprint density at radius 1 is 1.73 bits per heavy atom. The van der Waals surface area contributed by atoms with E-state index in [0.29, 0.717) is 6.73 Å². The predicted octanol–water partition coefficient (Wildman–Crippen LogP) is 1.70. The first-order valence-corrected chi connectivity index (χ1v) is 4.26. The summed E-state index contributed by atoms with van der Waals surface area (Å²) in [6, 6.07) is 3.86. The minimum Gasteiger partial charge on any atom is -0.365 e. The fourth-order valence-electron chi connectivity index (χ4n) is 0.668. The van der Waals surface area contributed by atoms with Gasteiger partial charge in [-0.1, -0.05) is 0 Å². The minimum atomic E-state index is 0.516. The number of hydrogen-bond acceptors (Lipinski definition) is 3. The molecule has 0 aliphatic carbocycles. The first-order chi connectivity index (χ1) is 5.34. The highest BCUT2D eigenvalue weighted by atomic mass is 127. The fraction of sp³-hybridized carbons (Fsp3) is 0.286. The highest BCUT2D eigenvalue weighted by molar-refractivity contribution is 14.1. The minimum absolute atomic E-state index is 0.516. The number of nitrogens with one attached hydrogen (secondary N) is 1. The lowest BCUT2D eigenvalue weighted by atomic mass is 10.4. The van der Waals surface area contributed by atoms with Crippen molar-refractivity contribution < 1.29 is 4.74 Å². The van der Waals surface area contributed by atoms with Gasteiger partial charge in [-0.2, -0.15) is 0 Å². The van der Waals surface area contributed by atoms with Gasteiger partial charge in [0.2, 0.25) is 0 Å². The Morgan fingerprint density at radius 3 is 3.18 bits per heavy atom. The van der Waals surface area contributed by atoms with Crippen LogP contribution in [0.15, 0.2) is 18.3 Å². The molecule has 0 unspecified atom stereocenters. The molecule has 0 bridgehead atoms. The molecule has 1 aromatic heterocycles. The first-order valence-electron chi connectivity index (χ1n) is 3.18. The van der Waals surface area contributed by atoms with Crippen molar-refractivity contribution in [1.82, 2.24) is 4.98 Å². The molecule has 1 heterocycles. The molecule has 4 heteroatoms. The zero-order valence-electron chi connectivity index (χ0n) is 6.17. The van der Waals surface area contributed by atoms with Crippen LogP contribution in [0, 0.1) is 3.70 Å². The number of pyridine rings is 1. The lowest BCUT2D eigenvalue weighted by Gasteiger charge is -2.04. The van der Waals surface area contributed by atoms with Gasteiger partial charge in [-0.25, -0.2) is 4.98 Å². The molecule has 11 heavy (non-hydrogen) atoms. The maximum absolute atomic E-state index is 4.86. The number of ether oxygens (including phenoxy) is 1. The second-order valence-electron chi connectivity index (χ2n) is 1.95. The summed E-state index contributed by atoms with van der Waals surface area (Å²) in [7, 11) is 1.65. The van der Waals surface area contributed by atoms with E-state index in [9.17, 15) is 0 Å². The molecule has 1 aromatic rings. The molecule has 60 valence electrons. The van der Waals surface area contributed by atoms with Crippen molar-refractivity contribution in [3.05, 3.63) is 22.0 Å². The normalized spacial score (nSPS) is 9.64.